The van der Waals surface area contributed by atoms with Crippen LogP contribution in [0.2, 0.25) is 0 Å². The number of imide groups is 1. The second kappa shape index (κ2) is 6.87. The summed E-state index contributed by atoms with van der Waals surface area (Å²) >= 11 is 1.49. The Morgan fingerprint density at radius 3 is 2.90 bits per heavy atom. The Morgan fingerprint density at radius 2 is 2.21 bits per heavy atom. The van der Waals surface area contributed by atoms with Crippen molar-refractivity contribution in [2.75, 3.05) is 13.1 Å². The number of likely N-dealkylation sites (tertiary alicyclic amines) is 1. The summed E-state index contributed by atoms with van der Waals surface area (Å²) in [6, 6.07) is 3.27. The molecule has 0 aliphatic carbocycles. The molecule has 154 valence electrons. The molecule has 2 aliphatic heterocycles. The van der Waals surface area contributed by atoms with Crippen LogP contribution in [0.1, 0.15) is 32.9 Å². The summed E-state index contributed by atoms with van der Waals surface area (Å²) in [5.74, 6) is 0.0861. The Morgan fingerprint density at radius 1 is 1.41 bits per heavy atom. The smallest absolute Gasteiger partial charge is 0.410 e. The summed E-state index contributed by atoms with van der Waals surface area (Å²) in [4.78, 5) is 45.7. The van der Waals surface area contributed by atoms with Gasteiger partial charge in [-0.1, -0.05) is 6.07 Å². The van der Waals surface area contributed by atoms with E-state index in [1.54, 1.807) is 20.8 Å². The molecule has 0 radical (unpaired) electrons. The van der Waals surface area contributed by atoms with E-state index in [9.17, 15) is 14.4 Å². The van der Waals surface area contributed by atoms with Crippen molar-refractivity contribution in [1.29, 1.82) is 0 Å². The summed E-state index contributed by atoms with van der Waals surface area (Å²) < 4.78 is 10.8. The fourth-order valence-corrected chi connectivity index (χ4v) is 4.10. The van der Waals surface area contributed by atoms with Crippen LogP contribution in [0.4, 0.5) is 9.59 Å². The number of carbonyl (C=O) groups is 3. The van der Waals surface area contributed by atoms with E-state index >= 15 is 0 Å². The third kappa shape index (κ3) is 3.71. The zero-order chi connectivity index (χ0) is 20.8. The second-order valence-electron chi connectivity index (χ2n) is 8.18. The third-order valence-corrected chi connectivity index (χ3v) is 5.63. The highest BCUT2D eigenvalue weighted by Gasteiger charge is 2.56. The lowest BCUT2D eigenvalue weighted by Crippen LogP contribution is -2.50. The van der Waals surface area contributed by atoms with E-state index in [0.29, 0.717) is 24.6 Å². The first-order valence-electron chi connectivity index (χ1n) is 9.27. The molecule has 4 amide bonds. The molecule has 2 fully saturated rings. The van der Waals surface area contributed by atoms with Gasteiger partial charge >= 0.3 is 12.1 Å². The number of carbonyl (C=O) groups excluding carboxylic acids is 3. The van der Waals surface area contributed by atoms with Crippen molar-refractivity contribution in [1.82, 2.24) is 20.1 Å². The summed E-state index contributed by atoms with van der Waals surface area (Å²) in [7, 11) is 0. The maximum absolute atomic E-state index is 13.0. The van der Waals surface area contributed by atoms with Gasteiger partial charge in [-0.2, -0.15) is 0 Å². The molecule has 0 bridgehead atoms. The largest absolute Gasteiger partial charge is 0.444 e. The van der Waals surface area contributed by atoms with Crippen LogP contribution in [0.5, 0.6) is 0 Å². The summed E-state index contributed by atoms with van der Waals surface area (Å²) in [5, 5.41) is 4.68. The summed E-state index contributed by atoms with van der Waals surface area (Å²) in [6.07, 6.45) is 1.29. The number of hydrogen-bond donors (Lipinski definition) is 1. The molecule has 4 heterocycles. The number of nitrogens with one attached hydrogen (secondary N) is 1. The van der Waals surface area contributed by atoms with Gasteiger partial charge in [0.15, 0.2) is 0 Å². The van der Waals surface area contributed by atoms with Crippen molar-refractivity contribution >= 4 is 29.4 Å². The van der Waals surface area contributed by atoms with Gasteiger partial charge in [0.2, 0.25) is 5.89 Å². The van der Waals surface area contributed by atoms with Crippen molar-refractivity contribution < 1.29 is 23.5 Å². The Balaban J connectivity index is 1.45. The first-order chi connectivity index (χ1) is 13.7. The fourth-order valence-electron chi connectivity index (χ4n) is 3.44. The van der Waals surface area contributed by atoms with Gasteiger partial charge in [0.1, 0.15) is 17.4 Å². The van der Waals surface area contributed by atoms with E-state index in [0.717, 1.165) is 9.78 Å². The molecule has 29 heavy (non-hydrogen) atoms. The number of amides is 4. The maximum atomic E-state index is 13.0. The van der Waals surface area contributed by atoms with E-state index in [1.807, 2.05) is 17.5 Å². The molecular weight excluding hydrogens is 396 g/mol. The number of hydrogen-bond acceptors (Lipinski definition) is 7. The van der Waals surface area contributed by atoms with Crippen LogP contribution in [-0.4, -0.2) is 57.0 Å². The molecule has 0 saturated carbocycles. The van der Waals surface area contributed by atoms with Crippen LogP contribution in [-0.2, 0) is 16.1 Å². The Labute approximate surface area is 171 Å². The number of aromatic nitrogens is 1. The zero-order valence-corrected chi connectivity index (χ0v) is 17.2. The van der Waals surface area contributed by atoms with E-state index in [1.165, 1.54) is 22.5 Å². The Hall–Kier alpha value is -2.88. The lowest BCUT2D eigenvalue weighted by Gasteiger charge is -2.25. The minimum atomic E-state index is -1.12. The lowest BCUT2D eigenvalue weighted by atomic mass is 9.99. The van der Waals surface area contributed by atoms with Gasteiger partial charge < -0.3 is 19.4 Å². The van der Waals surface area contributed by atoms with Crippen LogP contribution in [0.3, 0.4) is 0 Å². The maximum Gasteiger partial charge on any atom is 0.410 e. The van der Waals surface area contributed by atoms with Crippen LogP contribution in [0.15, 0.2) is 28.2 Å². The normalized spacial score (nSPS) is 21.9. The minimum Gasteiger partial charge on any atom is -0.444 e. The number of thiophene rings is 1. The third-order valence-electron chi connectivity index (χ3n) is 4.77. The van der Waals surface area contributed by atoms with Crippen molar-refractivity contribution in [3.63, 3.8) is 0 Å². The molecule has 2 saturated heterocycles. The van der Waals surface area contributed by atoms with Crippen molar-refractivity contribution in [3.8, 4) is 10.8 Å². The highest BCUT2D eigenvalue weighted by Crippen LogP contribution is 2.31. The van der Waals surface area contributed by atoms with E-state index in [-0.39, 0.29) is 19.0 Å². The Kier molecular flexibility index (Phi) is 4.60. The number of ether oxygens (including phenoxy) is 1. The molecule has 1 unspecified atom stereocenters. The molecular formula is C19H22N4O5S. The average Bonchev–Trinajstić information content (AvgIpc) is 3.39. The SMILES string of the molecule is CC(C)(C)OC(=O)N1CCC2(C1)NC(=O)N(Cc1coc(-c3cccs3)n1)C2=O. The average molecular weight is 418 g/mol. The topological polar surface area (TPSA) is 105 Å². The Bertz CT molecular complexity index is 948. The van der Waals surface area contributed by atoms with Crippen molar-refractivity contribution in [2.24, 2.45) is 0 Å². The minimum absolute atomic E-state index is 0.00767. The number of urea groups is 1. The van der Waals surface area contributed by atoms with E-state index < -0.39 is 23.3 Å². The first kappa shape index (κ1) is 19.4. The van der Waals surface area contributed by atoms with Gasteiger partial charge in [-0.05, 0) is 38.6 Å². The van der Waals surface area contributed by atoms with E-state index in [4.69, 9.17) is 9.15 Å². The lowest BCUT2D eigenvalue weighted by molar-refractivity contribution is -0.131. The monoisotopic (exact) mass is 418 g/mol. The second-order valence-corrected chi connectivity index (χ2v) is 9.12. The predicted octanol–water partition coefficient (Wildman–Crippen LogP) is 2.83. The van der Waals surface area contributed by atoms with Crippen molar-refractivity contribution in [2.45, 2.75) is 44.9 Å². The number of oxazole rings is 1. The fraction of sp³-hybridized carbons (Fsp3) is 0.474. The molecule has 10 heteroatoms. The molecule has 1 spiro atoms. The molecule has 2 aliphatic rings. The van der Waals surface area contributed by atoms with Gasteiger partial charge in [0.25, 0.3) is 5.91 Å². The van der Waals surface area contributed by atoms with Gasteiger partial charge in [-0.3, -0.25) is 9.69 Å². The van der Waals surface area contributed by atoms with Crippen LogP contribution in [0.25, 0.3) is 10.8 Å². The highest BCUT2D eigenvalue weighted by molar-refractivity contribution is 7.13. The van der Waals surface area contributed by atoms with Crippen LogP contribution in [0, 0.1) is 0 Å². The summed E-state index contributed by atoms with van der Waals surface area (Å²) in [5.41, 5.74) is -1.26. The quantitative estimate of drug-likeness (QED) is 0.769. The molecule has 2 aromatic rings. The number of nitrogens with zero attached hydrogens (tertiary/aromatic N) is 3. The molecule has 9 nitrogen and oxygen atoms in total. The van der Waals surface area contributed by atoms with E-state index in [2.05, 4.69) is 10.3 Å². The molecule has 2 aromatic heterocycles. The molecule has 1 N–H and O–H groups in total. The van der Waals surface area contributed by atoms with Gasteiger partial charge in [-0.25, -0.2) is 14.6 Å². The zero-order valence-electron chi connectivity index (χ0n) is 16.4. The molecule has 0 aromatic carbocycles. The summed E-state index contributed by atoms with van der Waals surface area (Å²) in [6.45, 7) is 5.77. The van der Waals surface area contributed by atoms with Crippen LogP contribution >= 0.6 is 11.3 Å². The predicted molar refractivity (Wildman–Crippen MR) is 104 cm³/mol. The van der Waals surface area contributed by atoms with Crippen molar-refractivity contribution in [3.05, 3.63) is 29.5 Å². The highest BCUT2D eigenvalue weighted by atomic mass is 32.1. The molecule has 4 rings (SSSR count). The molecule has 1 atom stereocenters. The first-order valence-corrected chi connectivity index (χ1v) is 10.2. The van der Waals surface area contributed by atoms with Gasteiger partial charge in [0, 0.05) is 6.54 Å². The van der Waals surface area contributed by atoms with Crippen LogP contribution < -0.4 is 5.32 Å². The van der Waals surface area contributed by atoms with Gasteiger partial charge in [0.05, 0.1) is 23.7 Å². The standard InChI is InChI=1S/C19H22N4O5S/c1-18(2,3)28-17(26)22-7-6-19(11-22)15(24)23(16(25)21-19)9-12-10-27-14(20-12)13-5-4-8-29-13/h4-5,8,10H,6-7,9,11H2,1-3H3,(H,21,25). The van der Waals surface area contributed by atoms with Gasteiger partial charge in [-0.15, -0.1) is 11.3 Å². The number of rotatable bonds is 3.